The predicted molar refractivity (Wildman–Crippen MR) is 116 cm³/mol. The maximum atomic E-state index is 12.7. The van der Waals surface area contributed by atoms with Crippen LogP contribution in [-0.4, -0.2) is 82.0 Å². The zero-order valence-electron chi connectivity index (χ0n) is 18.2. The van der Waals surface area contributed by atoms with Gasteiger partial charge in [0.25, 0.3) is 0 Å². The van der Waals surface area contributed by atoms with E-state index in [1.54, 1.807) is 13.2 Å². The highest BCUT2D eigenvalue weighted by Crippen LogP contribution is 2.37. The monoisotopic (exact) mass is 422 g/mol. The Morgan fingerprint density at radius 1 is 1.38 bits per heavy atom. The number of rotatable bonds is 5. The Hall–Kier alpha value is -1.15. The van der Waals surface area contributed by atoms with E-state index in [1.165, 1.54) is 11.8 Å². The Morgan fingerprint density at radius 3 is 2.76 bits per heavy atom. The fourth-order valence-electron chi connectivity index (χ4n) is 4.59. The number of ether oxygens (including phenoxy) is 1. The molecule has 2 aliphatic heterocycles. The number of nitrogens with zero attached hydrogens (tertiary/aromatic N) is 2. The van der Waals surface area contributed by atoms with E-state index >= 15 is 0 Å². The zero-order chi connectivity index (χ0) is 21.3. The number of hydrogen-bond acceptors (Lipinski definition) is 7. The molecule has 0 amide bonds. The SMILES string of the molecule is CC(=O)SC[C@@H]1CN(C(C)(C)C)CCN1C[C@H](O)C1C(=O)CC2=COCC2=C1C. The van der Waals surface area contributed by atoms with Gasteiger partial charge >= 0.3 is 0 Å². The summed E-state index contributed by atoms with van der Waals surface area (Å²) >= 11 is 1.34. The number of piperazine rings is 1. The maximum Gasteiger partial charge on any atom is 0.185 e. The van der Waals surface area contributed by atoms with Gasteiger partial charge in [-0.1, -0.05) is 17.3 Å². The number of Topliss-reactive ketones (excluding diaryl/α,β-unsaturated/α-hetero) is 1. The van der Waals surface area contributed by atoms with Crippen LogP contribution in [-0.2, 0) is 14.3 Å². The van der Waals surface area contributed by atoms with Crippen LogP contribution in [0.15, 0.2) is 23.0 Å². The first kappa shape index (κ1) is 22.5. The number of carbonyl (C=O) groups is 2. The largest absolute Gasteiger partial charge is 0.496 e. The number of aliphatic hydroxyl groups is 1. The van der Waals surface area contributed by atoms with Crippen molar-refractivity contribution >= 4 is 22.7 Å². The van der Waals surface area contributed by atoms with E-state index in [0.29, 0.717) is 25.3 Å². The second kappa shape index (κ2) is 8.92. The van der Waals surface area contributed by atoms with Gasteiger partial charge in [-0.25, -0.2) is 0 Å². The second-order valence-corrected chi connectivity index (χ2v) is 10.6. The lowest BCUT2D eigenvalue weighted by Gasteiger charge is -2.47. The third kappa shape index (κ3) is 5.13. The smallest absolute Gasteiger partial charge is 0.185 e. The Morgan fingerprint density at radius 2 is 2.10 bits per heavy atom. The number of fused-ring (bicyclic) bond motifs is 1. The quantitative estimate of drug-likeness (QED) is 0.729. The predicted octanol–water partition coefficient (Wildman–Crippen LogP) is 2.23. The third-order valence-electron chi connectivity index (χ3n) is 6.33. The molecule has 1 aliphatic carbocycles. The van der Waals surface area contributed by atoms with Crippen LogP contribution in [0.2, 0.25) is 0 Å². The molecule has 0 aromatic rings. The molecule has 0 radical (unpaired) electrons. The first-order chi connectivity index (χ1) is 13.6. The van der Waals surface area contributed by atoms with E-state index in [9.17, 15) is 14.7 Å². The number of ketones is 1. The van der Waals surface area contributed by atoms with Gasteiger partial charge in [0, 0.05) is 62.4 Å². The van der Waals surface area contributed by atoms with Gasteiger partial charge in [0.05, 0.1) is 18.3 Å². The highest BCUT2D eigenvalue weighted by molar-refractivity contribution is 8.13. The minimum absolute atomic E-state index is 0.0649. The van der Waals surface area contributed by atoms with Crippen molar-refractivity contribution in [2.45, 2.75) is 58.7 Å². The van der Waals surface area contributed by atoms with Crippen molar-refractivity contribution in [3.63, 3.8) is 0 Å². The molecule has 0 aromatic heterocycles. The van der Waals surface area contributed by atoms with Crippen LogP contribution in [0.3, 0.4) is 0 Å². The summed E-state index contributed by atoms with van der Waals surface area (Å²) < 4.78 is 5.40. The van der Waals surface area contributed by atoms with Crippen LogP contribution in [0.5, 0.6) is 0 Å². The maximum absolute atomic E-state index is 12.7. The molecule has 3 rings (SSSR count). The topological polar surface area (TPSA) is 70.1 Å². The lowest BCUT2D eigenvalue weighted by molar-refractivity contribution is -0.125. The molecule has 7 heteroatoms. The van der Waals surface area contributed by atoms with Crippen molar-refractivity contribution in [3.8, 4) is 0 Å². The molecule has 0 spiro atoms. The van der Waals surface area contributed by atoms with Gasteiger partial charge < -0.3 is 9.84 Å². The lowest BCUT2D eigenvalue weighted by atomic mass is 9.77. The Labute approximate surface area is 178 Å². The molecule has 1 fully saturated rings. The van der Waals surface area contributed by atoms with Crippen molar-refractivity contribution in [2.75, 3.05) is 38.5 Å². The Bertz CT molecular complexity index is 725. The van der Waals surface area contributed by atoms with Crippen LogP contribution < -0.4 is 0 Å². The van der Waals surface area contributed by atoms with Crippen LogP contribution in [0.25, 0.3) is 0 Å². The summed E-state index contributed by atoms with van der Waals surface area (Å²) in [5.74, 6) is 0.303. The van der Waals surface area contributed by atoms with Crippen LogP contribution in [0, 0.1) is 5.92 Å². The summed E-state index contributed by atoms with van der Waals surface area (Å²) in [4.78, 5) is 29.0. The average Bonchev–Trinajstić information content (AvgIpc) is 3.08. The van der Waals surface area contributed by atoms with Gasteiger partial charge in [-0.15, -0.1) is 0 Å². The summed E-state index contributed by atoms with van der Waals surface area (Å²) in [5.41, 5.74) is 3.05. The van der Waals surface area contributed by atoms with E-state index in [1.807, 2.05) is 6.92 Å². The van der Waals surface area contributed by atoms with Gasteiger partial charge in [-0.05, 0) is 33.3 Å². The highest BCUT2D eigenvalue weighted by Gasteiger charge is 2.39. The highest BCUT2D eigenvalue weighted by atomic mass is 32.2. The molecule has 29 heavy (non-hydrogen) atoms. The summed E-state index contributed by atoms with van der Waals surface area (Å²) in [6, 6.07) is 0.170. The first-order valence-corrected chi connectivity index (χ1v) is 11.4. The van der Waals surface area contributed by atoms with Gasteiger partial charge in [-0.2, -0.15) is 0 Å². The molecule has 1 N–H and O–H groups in total. The second-order valence-electron chi connectivity index (χ2n) is 9.37. The van der Waals surface area contributed by atoms with E-state index in [0.717, 1.165) is 36.4 Å². The van der Waals surface area contributed by atoms with Crippen LogP contribution >= 0.6 is 11.8 Å². The van der Waals surface area contributed by atoms with Crippen molar-refractivity contribution < 1.29 is 19.4 Å². The Balaban J connectivity index is 1.72. The molecule has 1 unspecified atom stereocenters. The van der Waals surface area contributed by atoms with Crippen molar-refractivity contribution in [1.82, 2.24) is 9.80 Å². The zero-order valence-corrected chi connectivity index (χ0v) is 19.1. The van der Waals surface area contributed by atoms with Crippen LogP contribution in [0.4, 0.5) is 0 Å². The minimum Gasteiger partial charge on any atom is -0.496 e. The molecule has 3 aliphatic rings. The van der Waals surface area contributed by atoms with E-state index < -0.39 is 12.0 Å². The van der Waals surface area contributed by atoms with E-state index in [4.69, 9.17) is 4.74 Å². The van der Waals surface area contributed by atoms with Gasteiger partial charge in [0.2, 0.25) is 0 Å². The number of aliphatic hydroxyl groups excluding tert-OH is 1. The van der Waals surface area contributed by atoms with Crippen molar-refractivity contribution in [3.05, 3.63) is 23.0 Å². The van der Waals surface area contributed by atoms with Crippen molar-refractivity contribution in [1.29, 1.82) is 0 Å². The molecule has 0 saturated carbocycles. The number of hydrogen-bond donors (Lipinski definition) is 1. The number of thioether (sulfide) groups is 1. The number of β-amino-alcohol motifs (C(OH)–C–C–N with tert-alkyl or cyclic N) is 1. The molecular weight excluding hydrogens is 388 g/mol. The summed E-state index contributed by atoms with van der Waals surface area (Å²) in [7, 11) is 0. The molecule has 2 heterocycles. The molecule has 162 valence electrons. The van der Waals surface area contributed by atoms with E-state index in [2.05, 4.69) is 30.6 Å². The van der Waals surface area contributed by atoms with Gasteiger partial charge in [0.1, 0.15) is 12.4 Å². The first-order valence-electron chi connectivity index (χ1n) is 10.4. The molecule has 3 atom stereocenters. The standard InChI is InChI=1S/C22H34N2O4S/c1-14-18-12-28-11-16(18)8-19(26)21(14)20(27)10-23-6-7-24(22(3,4)5)9-17(23)13-29-15(2)25/h11,17,20-21,27H,6-10,12-13H2,1-5H3/t17-,20-,21?/m0/s1. The summed E-state index contributed by atoms with van der Waals surface area (Å²) in [6.45, 7) is 13.7. The summed E-state index contributed by atoms with van der Waals surface area (Å²) in [6.07, 6.45) is 1.28. The third-order valence-corrected chi connectivity index (χ3v) is 7.29. The molecule has 0 aromatic carbocycles. The fraction of sp³-hybridized carbons (Fsp3) is 0.727. The van der Waals surface area contributed by atoms with Crippen molar-refractivity contribution in [2.24, 2.45) is 5.92 Å². The molecule has 0 bridgehead atoms. The molecule has 1 saturated heterocycles. The minimum atomic E-state index is -0.747. The van der Waals surface area contributed by atoms with E-state index in [-0.39, 0.29) is 22.5 Å². The summed E-state index contributed by atoms with van der Waals surface area (Å²) in [5, 5.41) is 11.2. The number of carbonyl (C=O) groups excluding carboxylic acids is 2. The average molecular weight is 423 g/mol. The van der Waals surface area contributed by atoms with Gasteiger partial charge in [0.15, 0.2) is 5.12 Å². The lowest BCUT2D eigenvalue weighted by Crippen LogP contribution is -2.60. The normalized spacial score (nSPS) is 27.5. The molecular formula is C22H34N2O4S. The molecule has 6 nitrogen and oxygen atoms in total. The van der Waals surface area contributed by atoms with Gasteiger partial charge in [-0.3, -0.25) is 19.4 Å². The van der Waals surface area contributed by atoms with Crippen LogP contribution in [0.1, 0.15) is 41.0 Å². The Kier molecular flexibility index (Phi) is 6.93. The fourth-order valence-corrected chi connectivity index (χ4v) is 5.34.